The summed E-state index contributed by atoms with van der Waals surface area (Å²) < 4.78 is 17.7. The van der Waals surface area contributed by atoms with Crippen LogP contribution in [-0.4, -0.2) is 99.6 Å². The average molecular weight is 1270 g/mol. The third-order valence-corrected chi connectivity index (χ3v) is 16.5. The van der Waals surface area contributed by atoms with Crippen LogP contribution in [0.5, 0.6) is 0 Å². The van der Waals surface area contributed by atoms with Gasteiger partial charge < -0.3 is 45.1 Å². The van der Waals surface area contributed by atoms with Gasteiger partial charge in [-0.2, -0.15) is 0 Å². The Balaban J connectivity index is 2.55. The number of nitrogens with one attached hydrogen (secondary N) is 1. The molecule has 0 spiro atoms. The van der Waals surface area contributed by atoms with Gasteiger partial charge in [-0.3, -0.25) is 9.59 Å². The van der Waals surface area contributed by atoms with Crippen molar-refractivity contribution in [3.63, 3.8) is 0 Å². The minimum Gasteiger partial charge on any atom is -0.454 e. The van der Waals surface area contributed by atoms with Gasteiger partial charge in [-0.15, -0.1) is 0 Å². The molecule has 0 aromatic heterocycles. The van der Waals surface area contributed by atoms with Crippen LogP contribution >= 0.6 is 0 Å². The second-order valence-electron chi connectivity index (χ2n) is 24.9. The van der Waals surface area contributed by atoms with Crippen LogP contribution in [-0.2, 0) is 23.8 Å². The first-order chi connectivity index (χ1) is 44.7. The fourth-order valence-corrected chi connectivity index (χ4v) is 10.8. The number of amides is 1. The third-order valence-electron chi connectivity index (χ3n) is 16.5. The number of hydrogen-bond donors (Lipinski definition) is 6. The lowest BCUT2D eigenvalue weighted by Crippen LogP contribution is -2.61. The molecule has 0 aromatic carbocycles. The molecule has 91 heavy (non-hydrogen) atoms. The van der Waals surface area contributed by atoms with E-state index in [1.54, 1.807) is 6.08 Å². The molecule has 1 fully saturated rings. The summed E-state index contributed by atoms with van der Waals surface area (Å²) in [7, 11) is 0. The molecule has 0 aromatic rings. The molecule has 520 valence electrons. The van der Waals surface area contributed by atoms with Gasteiger partial charge in [-0.05, 0) is 122 Å². The van der Waals surface area contributed by atoms with E-state index in [1.807, 2.05) is 6.08 Å². The summed E-state index contributed by atoms with van der Waals surface area (Å²) in [5, 5.41) is 57.3. The molecule has 1 amide bonds. The van der Waals surface area contributed by atoms with Crippen molar-refractivity contribution in [2.45, 2.75) is 346 Å². The zero-order valence-corrected chi connectivity index (χ0v) is 57.9. The van der Waals surface area contributed by atoms with E-state index in [9.17, 15) is 35.1 Å². The Hall–Kier alpha value is -4.20. The molecule has 6 N–H and O–H groups in total. The first kappa shape index (κ1) is 84.8. The summed E-state index contributed by atoms with van der Waals surface area (Å²) in [4.78, 5) is 26.7. The van der Waals surface area contributed by atoms with Gasteiger partial charge in [0.25, 0.3) is 0 Å². The zero-order chi connectivity index (χ0) is 66.0. The number of unbranched alkanes of at least 4 members (excludes halogenated alkanes) is 28. The second kappa shape index (κ2) is 65.8. The van der Waals surface area contributed by atoms with Gasteiger partial charge in [-0.25, -0.2) is 0 Å². The van der Waals surface area contributed by atoms with Crippen molar-refractivity contribution in [2.75, 3.05) is 13.2 Å². The van der Waals surface area contributed by atoms with Crippen LogP contribution in [0.3, 0.4) is 0 Å². The zero-order valence-electron chi connectivity index (χ0n) is 57.9. The molecule has 0 bridgehead atoms. The van der Waals surface area contributed by atoms with Crippen molar-refractivity contribution in [1.82, 2.24) is 5.32 Å². The van der Waals surface area contributed by atoms with Gasteiger partial charge in [0.05, 0.1) is 25.4 Å². The Labute approximate surface area is 556 Å². The Morgan fingerprint density at radius 3 is 1.21 bits per heavy atom. The minimum absolute atomic E-state index is 0.0989. The maximum absolute atomic E-state index is 13.5. The second-order valence-corrected chi connectivity index (χ2v) is 24.9. The van der Waals surface area contributed by atoms with Crippen LogP contribution in [0.1, 0.15) is 297 Å². The Morgan fingerprint density at radius 1 is 0.440 bits per heavy atom. The van der Waals surface area contributed by atoms with Crippen LogP contribution in [0.4, 0.5) is 0 Å². The number of esters is 1. The molecule has 8 atom stereocenters. The first-order valence-corrected chi connectivity index (χ1v) is 37.0. The smallest absolute Gasteiger partial charge is 0.306 e. The summed E-state index contributed by atoms with van der Waals surface area (Å²) in [6, 6.07) is -1.04. The third kappa shape index (κ3) is 52.8. The molecule has 1 rings (SSSR count). The molecule has 1 aliphatic rings. The number of ether oxygens (including phenoxy) is 3. The summed E-state index contributed by atoms with van der Waals surface area (Å²) in [6.07, 6.45) is 83.4. The number of aliphatic hydroxyl groups excluding tert-OH is 5. The summed E-state index contributed by atoms with van der Waals surface area (Å²) >= 11 is 0. The molecular weight excluding hydrogens is 1130 g/mol. The highest BCUT2D eigenvalue weighted by atomic mass is 16.7. The van der Waals surface area contributed by atoms with Crippen molar-refractivity contribution in [3.8, 4) is 0 Å². The van der Waals surface area contributed by atoms with E-state index in [0.717, 1.165) is 148 Å². The van der Waals surface area contributed by atoms with E-state index in [0.29, 0.717) is 12.8 Å². The number of carbonyl (C=O) groups is 2. The Kier molecular flexibility index (Phi) is 61.4. The van der Waals surface area contributed by atoms with E-state index in [1.165, 1.54) is 103 Å². The van der Waals surface area contributed by atoms with Gasteiger partial charge in [0.15, 0.2) is 12.4 Å². The van der Waals surface area contributed by atoms with Gasteiger partial charge in [0, 0.05) is 6.42 Å². The highest BCUT2D eigenvalue weighted by Gasteiger charge is 2.47. The quantitative estimate of drug-likeness (QED) is 0.0195. The number of rotatable bonds is 62. The Morgan fingerprint density at radius 2 is 0.791 bits per heavy atom. The van der Waals surface area contributed by atoms with Crippen molar-refractivity contribution in [1.29, 1.82) is 0 Å². The van der Waals surface area contributed by atoms with Gasteiger partial charge in [-0.1, -0.05) is 302 Å². The van der Waals surface area contributed by atoms with Gasteiger partial charge in [0.2, 0.25) is 5.91 Å². The van der Waals surface area contributed by atoms with E-state index < -0.39 is 67.4 Å². The SMILES string of the molecule is CC/C=C\C/C=C\C/C=C\C/C=C\C/C=C\C/C=C\CCCCCCCCC(=O)OC1C(OCC(NC(=O)C(O)CCCCCCCCCCCC/C=C\C/C=C\C/C=C\C/C=C\CCCCC)C(O)/C=C/CCCCCCCCCCC)OC(CO)C(O)C1O. The molecule has 11 nitrogen and oxygen atoms in total. The normalized spacial score (nSPS) is 18.8. The molecule has 8 unspecified atom stereocenters. The van der Waals surface area contributed by atoms with Crippen LogP contribution in [0.2, 0.25) is 0 Å². The van der Waals surface area contributed by atoms with Crippen LogP contribution in [0, 0.1) is 0 Å². The highest BCUT2D eigenvalue weighted by molar-refractivity contribution is 5.80. The number of hydrogen-bond acceptors (Lipinski definition) is 10. The molecule has 11 heteroatoms. The van der Waals surface area contributed by atoms with Crippen molar-refractivity contribution in [2.24, 2.45) is 0 Å². The van der Waals surface area contributed by atoms with Crippen molar-refractivity contribution >= 4 is 11.9 Å². The monoisotopic (exact) mass is 1270 g/mol. The fourth-order valence-electron chi connectivity index (χ4n) is 10.8. The van der Waals surface area contributed by atoms with Gasteiger partial charge >= 0.3 is 5.97 Å². The average Bonchev–Trinajstić information content (AvgIpc) is 1.13. The maximum atomic E-state index is 13.5. The summed E-state index contributed by atoms with van der Waals surface area (Å²) in [6.45, 7) is 5.65. The lowest BCUT2D eigenvalue weighted by Gasteiger charge is -2.41. The lowest BCUT2D eigenvalue weighted by molar-refractivity contribution is -0.305. The Bertz CT molecular complexity index is 2000. The number of allylic oxidation sites excluding steroid dienone is 21. The number of carbonyl (C=O) groups excluding carboxylic acids is 2. The van der Waals surface area contributed by atoms with Gasteiger partial charge in [0.1, 0.15) is 24.4 Å². The molecule has 0 saturated carbocycles. The highest BCUT2D eigenvalue weighted by Crippen LogP contribution is 2.26. The predicted octanol–water partition coefficient (Wildman–Crippen LogP) is 19.5. The van der Waals surface area contributed by atoms with Crippen LogP contribution in [0.25, 0.3) is 0 Å². The topological polar surface area (TPSA) is 175 Å². The molecule has 1 heterocycles. The van der Waals surface area contributed by atoms with Crippen LogP contribution in [0.15, 0.2) is 134 Å². The van der Waals surface area contributed by atoms with E-state index in [2.05, 4.69) is 148 Å². The molecule has 0 radical (unpaired) electrons. The molecule has 1 saturated heterocycles. The van der Waals surface area contributed by atoms with Crippen molar-refractivity contribution < 1.29 is 49.3 Å². The fraction of sp³-hybridized carbons (Fsp3) is 0.700. The molecule has 1 aliphatic heterocycles. The summed E-state index contributed by atoms with van der Waals surface area (Å²) in [5.74, 6) is -1.22. The number of aliphatic hydroxyl groups is 5. The van der Waals surface area contributed by atoms with E-state index >= 15 is 0 Å². The standard InChI is InChI=1S/C80H135NO10/c1-4-7-10-13-16-19-22-24-26-28-30-32-34-36-38-39-41-43-45-47-49-52-55-58-61-64-67-73(84)79(88)81-71(72(83)66-63-60-57-54-51-21-18-15-12-9-6-3)70-89-80-78(77(87)76(86)74(69-82)90-80)91-75(85)68-65-62-59-56-53-50-48-46-44-42-40-37-35-33-31-29-27-25-23-20-17-14-11-8-5-2/h8,11,16-17,19-20,24-27,30-33,36-38,40,44,46,63,66,71-74,76-78,80,82-84,86-87H,4-7,9-10,12-15,18,21-23,28-29,34-35,39,41-43,45,47-62,64-65,67-70H2,1-3H3,(H,81,88)/b11-8-,19-16-,20-17-,26-24-,27-25-,32-30-,33-31-,38-36-,40-37-,46-44-,66-63+. The van der Waals surface area contributed by atoms with Crippen molar-refractivity contribution in [3.05, 3.63) is 134 Å². The van der Waals surface area contributed by atoms with Crippen LogP contribution < -0.4 is 5.32 Å². The van der Waals surface area contributed by atoms with E-state index in [-0.39, 0.29) is 19.4 Å². The van der Waals surface area contributed by atoms with E-state index in [4.69, 9.17) is 14.2 Å². The minimum atomic E-state index is -1.63. The largest absolute Gasteiger partial charge is 0.454 e. The maximum Gasteiger partial charge on any atom is 0.306 e. The lowest BCUT2D eigenvalue weighted by atomic mass is 9.99. The first-order valence-electron chi connectivity index (χ1n) is 37.0. The molecular formula is C80H135NO10. The molecule has 0 aliphatic carbocycles. The summed E-state index contributed by atoms with van der Waals surface area (Å²) in [5.41, 5.74) is 0. The predicted molar refractivity (Wildman–Crippen MR) is 384 cm³/mol.